The second kappa shape index (κ2) is 8.07. The number of amides is 1. The Labute approximate surface area is 148 Å². The fraction of sp³-hybridized carbons (Fsp3) is 0.706. The number of aliphatic hydroxyl groups is 1. The number of rotatable bonds is 5. The Morgan fingerprint density at radius 3 is 2.76 bits per heavy atom. The molecule has 0 saturated carbocycles. The fourth-order valence-corrected chi connectivity index (χ4v) is 3.47. The Morgan fingerprint density at radius 1 is 1.32 bits per heavy atom. The Hall–Kier alpha value is -1.77. The number of carbonyl (C=O) groups excluding carboxylic acids is 1. The van der Waals surface area contributed by atoms with Crippen LogP contribution in [-0.2, 0) is 9.53 Å². The lowest BCUT2D eigenvalue weighted by Gasteiger charge is -2.41. The zero-order valence-electron chi connectivity index (χ0n) is 14.8. The highest BCUT2D eigenvalue weighted by Gasteiger charge is 2.36. The average molecular weight is 349 g/mol. The lowest BCUT2D eigenvalue weighted by Crippen LogP contribution is -2.56. The number of anilines is 1. The Morgan fingerprint density at radius 2 is 2.04 bits per heavy atom. The summed E-state index contributed by atoms with van der Waals surface area (Å²) in [4.78, 5) is 26.7. The number of nitrogens with zero attached hydrogens (tertiary/aromatic N) is 5. The van der Waals surface area contributed by atoms with Gasteiger partial charge in [0.1, 0.15) is 0 Å². The summed E-state index contributed by atoms with van der Waals surface area (Å²) >= 11 is 0. The van der Waals surface area contributed by atoms with Crippen LogP contribution in [0.3, 0.4) is 0 Å². The van der Waals surface area contributed by atoms with Crippen LogP contribution in [0.15, 0.2) is 18.5 Å². The monoisotopic (exact) mass is 349 g/mol. The normalized spacial score (nSPS) is 25.0. The van der Waals surface area contributed by atoms with E-state index in [-0.39, 0.29) is 5.91 Å². The first kappa shape index (κ1) is 18.0. The third-order valence-electron chi connectivity index (χ3n) is 4.81. The van der Waals surface area contributed by atoms with Crippen molar-refractivity contribution in [3.05, 3.63) is 18.5 Å². The topological polar surface area (TPSA) is 82.0 Å². The minimum absolute atomic E-state index is 0.0309. The number of piperidine rings is 1. The number of β-amino-alcohol motifs (C(OH)–C–C–N with tert-alkyl or cyclic N) is 1. The third kappa shape index (κ3) is 4.87. The molecule has 0 bridgehead atoms. The molecule has 2 aliphatic heterocycles. The molecule has 3 rings (SSSR count). The Kier molecular flexibility index (Phi) is 5.82. The molecule has 2 saturated heterocycles. The number of hydrogen-bond acceptors (Lipinski definition) is 7. The van der Waals surface area contributed by atoms with Crippen molar-refractivity contribution in [1.82, 2.24) is 19.8 Å². The van der Waals surface area contributed by atoms with Crippen molar-refractivity contribution in [2.45, 2.75) is 18.4 Å². The quantitative estimate of drug-likeness (QED) is 0.774. The average Bonchev–Trinajstić information content (AvgIpc) is 2.63. The smallest absolute Gasteiger partial charge is 0.236 e. The number of likely N-dealkylation sites (N-methyl/N-ethyl adjacent to an activating group) is 1. The van der Waals surface area contributed by atoms with E-state index in [9.17, 15) is 9.90 Å². The molecule has 8 heteroatoms. The number of morpholine rings is 1. The molecule has 1 aromatic rings. The van der Waals surface area contributed by atoms with Crippen molar-refractivity contribution in [2.75, 3.05) is 64.4 Å². The van der Waals surface area contributed by atoms with E-state index < -0.39 is 5.60 Å². The Bertz CT molecular complexity index is 567. The maximum Gasteiger partial charge on any atom is 0.236 e. The largest absolute Gasteiger partial charge is 0.386 e. The maximum atomic E-state index is 12.5. The molecule has 0 aromatic carbocycles. The standard InChI is InChI=1S/C17H27N5O3/c1-20(15(23)12-21-8-10-25-11-9-21)13-17(24)4-2-7-22(14-17)16-18-5-3-6-19-16/h3,5-6,24H,2,4,7-14H2,1H3/t17-/m0/s1. The first-order valence-corrected chi connectivity index (χ1v) is 8.84. The zero-order chi connectivity index (χ0) is 17.7. The minimum atomic E-state index is -0.938. The molecular weight excluding hydrogens is 322 g/mol. The second-order valence-electron chi connectivity index (χ2n) is 6.94. The fourth-order valence-electron chi connectivity index (χ4n) is 3.47. The van der Waals surface area contributed by atoms with E-state index in [0.29, 0.717) is 45.2 Å². The van der Waals surface area contributed by atoms with Gasteiger partial charge in [0.15, 0.2) is 0 Å². The van der Waals surface area contributed by atoms with Gasteiger partial charge in [-0.1, -0.05) is 0 Å². The first-order chi connectivity index (χ1) is 12.1. The molecule has 25 heavy (non-hydrogen) atoms. The van der Waals surface area contributed by atoms with Crippen molar-refractivity contribution in [3.63, 3.8) is 0 Å². The number of aromatic nitrogens is 2. The van der Waals surface area contributed by atoms with Crippen molar-refractivity contribution < 1.29 is 14.6 Å². The van der Waals surface area contributed by atoms with Crippen LogP contribution in [0.25, 0.3) is 0 Å². The number of carbonyl (C=O) groups is 1. The summed E-state index contributed by atoms with van der Waals surface area (Å²) in [6.45, 7) is 4.86. The molecule has 3 heterocycles. The van der Waals surface area contributed by atoms with Crippen LogP contribution < -0.4 is 4.90 Å². The van der Waals surface area contributed by atoms with Gasteiger partial charge in [0, 0.05) is 39.1 Å². The van der Waals surface area contributed by atoms with E-state index in [0.717, 1.165) is 26.1 Å². The summed E-state index contributed by atoms with van der Waals surface area (Å²) < 4.78 is 5.31. The van der Waals surface area contributed by atoms with Crippen LogP contribution >= 0.6 is 0 Å². The van der Waals surface area contributed by atoms with Gasteiger partial charge >= 0.3 is 0 Å². The summed E-state index contributed by atoms with van der Waals surface area (Å²) in [6, 6.07) is 1.78. The maximum absolute atomic E-state index is 12.5. The van der Waals surface area contributed by atoms with Crippen molar-refractivity contribution in [3.8, 4) is 0 Å². The highest BCUT2D eigenvalue weighted by atomic mass is 16.5. The summed E-state index contributed by atoms with van der Waals surface area (Å²) in [7, 11) is 1.76. The van der Waals surface area contributed by atoms with E-state index in [4.69, 9.17) is 4.74 Å². The van der Waals surface area contributed by atoms with Crippen molar-refractivity contribution in [2.24, 2.45) is 0 Å². The molecule has 1 N–H and O–H groups in total. The van der Waals surface area contributed by atoms with E-state index >= 15 is 0 Å². The minimum Gasteiger partial charge on any atom is -0.386 e. The zero-order valence-corrected chi connectivity index (χ0v) is 14.8. The SMILES string of the molecule is CN(C[C@@]1(O)CCCN(c2ncccn2)C1)C(=O)CN1CCOCC1. The summed E-state index contributed by atoms with van der Waals surface area (Å²) in [5.41, 5.74) is -0.938. The highest BCUT2D eigenvalue weighted by Crippen LogP contribution is 2.24. The molecule has 1 amide bonds. The van der Waals surface area contributed by atoms with Crippen molar-refractivity contribution in [1.29, 1.82) is 0 Å². The molecular formula is C17H27N5O3. The van der Waals surface area contributed by atoms with Gasteiger partial charge in [-0.15, -0.1) is 0 Å². The van der Waals surface area contributed by atoms with E-state index in [1.165, 1.54) is 0 Å². The molecule has 2 aliphatic rings. The summed E-state index contributed by atoms with van der Waals surface area (Å²) in [5, 5.41) is 11.0. The van der Waals surface area contributed by atoms with Gasteiger partial charge in [-0.3, -0.25) is 9.69 Å². The van der Waals surface area contributed by atoms with Crippen LogP contribution in [-0.4, -0.2) is 95.9 Å². The molecule has 138 valence electrons. The highest BCUT2D eigenvalue weighted by molar-refractivity contribution is 5.78. The van der Waals surface area contributed by atoms with Gasteiger partial charge in [-0.2, -0.15) is 0 Å². The molecule has 0 spiro atoms. The van der Waals surface area contributed by atoms with Gasteiger partial charge in [0.2, 0.25) is 11.9 Å². The lowest BCUT2D eigenvalue weighted by molar-refractivity contribution is -0.135. The molecule has 2 fully saturated rings. The molecule has 0 unspecified atom stereocenters. The van der Waals surface area contributed by atoms with E-state index in [1.54, 1.807) is 30.4 Å². The Balaban J connectivity index is 1.55. The van der Waals surface area contributed by atoms with Gasteiger partial charge in [0.05, 0.1) is 38.4 Å². The summed E-state index contributed by atoms with van der Waals surface area (Å²) in [6.07, 6.45) is 4.92. The van der Waals surface area contributed by atoms with E-state index in [2.05, 4.69) is 14.9 Å². The van der Waals surface area contributed by atoms with Crippen LogP contribution in [0.1, 0.15) is 12.8 Å². The van der Waals surface area contributed by atoms with Gasteiger partial charge < -0.3 is 19.6 Å². The van der Waals surface area contributed by atoms with E-state index in [1.807, 2.05) is 4.90 Å². The third-order valence-corrected chi connectivity index (χ3v) is 4.81. The van der Waals surface area contributed by atoms with Crippen LogP contribution in [0.4, 0.5) is 5.95 Å². The molecule has 1 atom stereocenters. The molecule has 0 radical (unpaired) electrons. The molecule has 1 aromatic heterocycles. The van der Waals surface area contributed by atoms with Gasteiger partial charge in [-0.25, -0.2) is 9.97 Å². The van der Waals surface area contributed by atoms with Gasteiger partial charge in [-0.05, 0) is 18.9 Å². The van der Waals surface area contributed by atoms with Crippen molar-refractivity contribution >= 4 is 11.9 Å². The lowest BCUT2D eigenvalue weighted by atomic mass is 9.92. The molecule has 8 nitrogen and oxygen atoms in total. The van der Waals surface area contributed by atoms with Gasteiger partial charge in [0.25, 0.3) is 0 Å². The number of ether oxygens (including phenoxy) is 1. The first-order valence-electron chi connectivity index (χ1n) is 8.84. The predicted molar refractivity (Wildman–Crippen MR) is 93.3 cm³/mol. The summed E-state index contributed by atoms with van der Waals surface area (Å²) in [5.74, 6) is 0.659. The molecule has 0 aliphatic carbocycles. The second-order valence-corrected chi connectivity index (χ2v) is 6.94. The van der Waals surface area contributed by atoms with Crippen LogP contribution in [0, 0.1) is 0 Å². The number of hydrogen-bond donors (Lipinski definition) is 1. The predicted octanol–water partition coefficient (Wildman–Crippen LogP) is -0.401. The van der Waals surface area contributed by atoms with Crippen LogP contribution in [0.2, 0.25) is 0 Å². The van der Waals surface area contributed by atoms with Crippen LogP contribution in [0.5, 0.6) is 0 Å².